The predicted octanol–water partition coefficient (Wildman–Crippen LogP) is 6.67. The monoisotopic (exact) mass is 477 g/mol. The molecule has 1 N–H and O–H groups in total. The first-order valence-corrected chi connectivity index (χ1v) is 9.92. The van der Waals surface area contributed by atoms with E-state index in [1.54, 1.807) is 17.7 Å². The maximum Gasteiger partial charge on any atom is 0.143 e. The Balaban J connectivity index is 1.87. The summed E-state index contributed by atoms with van der Waals surface area (Å²) in [6, 6.07) is 16.1. The smallest absolute Gasteiger partial charge is 0.143 e. The van der Waals surface area contributed by atoms with Crippen LogP contribution in [0.1, 0.15) is 4.88 Å². The maximum absolute atomic E-state index is 6.05. The lowest BCUT2D eigenvalue weighted by Gasteiger charge is -2.09. The number of aryl methyl sites for hydroxylation is 1. The van der Waals surface area contributed by atoms with Gasteiger partial charge in [0.2, 0.25) is 0 Å². The molecule has 2 heterocycles. The van der Waals surface area contributed by atoms with Crippen LogP contribution in [-0.2, 0) is 0 Å². The Bertz CT molecular complexity index is 1040. The summed E-state index contributed by atoms with van der Waals surface area (Å²) in [4.78, 5) is 11.1. The van der Waals surface area contributed by atoms with Gasteiger partial charge >= 0.3 is 0 Å². The highest BCUT2D eigenvalue weighted by Gasteiger charge is 2.16. The fourth-order valence-electron chi connectivity index (χ4n) is 2.77. The Morgan fingerprint density at radius 1 is 1.00 bits per heavy atom. The molecular formula is C19H13ClIN3S. The number of nitrogens with one attached hydrogen (secondary N) is 1. The second-order valence-electron chi connectivity index (χ2n) is 5.57. The van der Waals surface area contributed by atoms with Crippen LogP contribution in [0.25, 0.3) is 21.3 Å². The van der Waals surface area contributed by atoms with Crippen LogP contribution in [0.15, 0.2) is 54.9 Å². The molecule has 0 fully saturated rings. The summed E-state index contributed by atoms with van der Waals surface area (Å²) in [6.45, 7) is 2.12. The lowest BCUT2D eigenvalue weighted by Crippen LogP contribution is -1.95. The van der Waals surface area contributed by atoms with Gasteiger partial charge in [-0.3, -0.25) is 0 Å². The first-order chi connectivity index (χ1) is 12.1. The highest BCUT2D eigenvalue weighted by Crippen LogP contribution is 2.41. The average Bonchev–Trinajstić information content (AvgIpc) is 2.95. The van der Waals surface area contributed by atoms with Gasteiger partial charge in [-0.1, -0.05) is 23.7 Å². The van der Waals surface area contributed by atoms with E-state index in [-0.39, 0.29) is 0 Å². The molecule has 4 rings (SSSR count). The average molecular weight is 478 g/mol. The van der Waals surface area contributed by atoms with E-state index < -0.39 is 0 Å². The standard InChI is InChI=1S/C19H13ClIN3S/c1-11-16(12-2-4-13(20)5-3-12)17-18(22-10-23-19(17)25-11)24-15-8-6-14(21)7-9-15/h2-10H,1H3,(H,22,23,24). The van der Waals surface area contributed by atoms with Crippen LogP contribution in [0, 0.1) is 10.5 Å². The summed E-state index contributed by atoms with van der Waals surface area (Å²) in [5, 5.41) is 5.21. The number of benzene rings is 2. The summed E-state index contributed by atoms with van der Waals surface area (Å²) in [5.41, 5.74) is 3.28. The van der Waals surface area contributed by atoms with Gasteiger partial charge in [0.05, 0.1) is 5.39 Å². The van der Waals surface area contributed by atoms with E-state index >= 15 is 0 Å². The number of thiophene rings is 1. The molecule has 0 bridgehead atoms. The van der Waals surface area contributed by atoms with Crippen molar-refractivity contribution in [3.05, 3.63) is 68.3 Å². The van der Waals surface area contributed by atoms with Crippen molar-refractivity contribution in [2.75, 3.05) is 5.32 Å². The number of rotatable bonds is 3. The molecule has 3 nitrogen and oxygen atoms in total. The molecule has 0 saturated carbocycles. The minimum atomic E-state index is 0.731. The number of hydrogen-bond acceptors (Lipinski definition) is 4. The minimum absolute atomic E-state index is 0.731. The summed E-state index contributed by atoms with van der Waals surface area (Å²) in [6.07, 6.45) is 1.61. The number of hydrogen-bond donors (Lipinski definition) is 1. The van der Waals surface area contributed by atoms with Crippen LogP contribution in [-0.4, -0.2) is 9.97 Å². The van der Waals surface area contributed by atoms with Gasteiger partial charge in [0, 0.05) is 24.7 Å². The van der Waals surface area contributed by atoms with Crippen molar-refractivity contribution in [1.82, 2.24) is 9.97 Å². The molecule has 0 radical (unpaired) electrons. The van der Waals surface area contributed by atoms with Crippen LogP contribution in [0.4, 0.5) is 11.5 Å². The Kier molecular flexibility index (Phi) is 4.62. The molecule has 0 saturated heterocycles. The van der Waals surface area contributed by atoms with E-state index in [0.29, 0.717) is 0 Å². The van der Waals surface area contributed by atoms with Gasteiger partial charge in [-0.15, -0.1) is 11.3 Å². The Labute approximate surface area is 168 Å². The van der Waals surface area contributed by atoms with E-state index in [2.05, 4.69) is 69.1 Å². The molecule has 2 aromatic heterocycles. The topological polar surface area (TPSA) is 37.8 Å². The number of halogens is 2. The van der Waals surface area contributed by atoms with Gasteiger partial charge < -0.3 is 5.32 Å². The molecular weight excluding hydrogens is 465 g/mol. The van der Waals surface area contributed by atoms with Crippen molar-refractivity contribution in [3.8, 4) is 11.1 Å². The number of fused-ring (bicyclic) bond motifs is 1. The predicted molar refractivity (Wildman–Crippen MR) is 115 cm³/mol. The summed E-state index contributed by atoms with van der Waals surface area (Å²) < 4.78 is 1.20. The highest BCUT2D eigenvalue weighted by atomic mass is 127. The van der Waals surface area contributed by atoms with Crippen molar-refractivity contribution < 1.29 is 0 Å². The second-order valence-corrected chi connectivity index (χ2v) is 8.46. The molecule has 124 valence electrons. The SMILES string of the molecule is Cc1sc2ncnc(Nc3ccc(I)cc3)c2c1-c1ccc(Cl)cc1. The van der Waals surface area contributed by atoms with Crippen LogP contribution in [0.2, 0.25) is 5.02 Å². The van der Waals surface area contributed by atoms with E-state index in [9.17, 15) is 0 Å². The van der Waals surface area contributed by atoms with E-state index in [1.807, 2.05) is 24.3 Å². The maximum atomic E-state index is 6.05. The third-order valence-electron chi connectivity index (χ3n) is 3.90. The van der Waals surface area contributed by atoms with Crippen molar-refractivity contribution in [2.24, 2.45) is 0 Å². The van der Waals surface area contributed by atoms with Crippen molar-refractivity contribution in [3.63, 3.8) is 0 Å². The molecule has 0 spiro atoms. The third kappa shape index (κ3) is 3.36. The van der Waals surface area contributed by atoms with E-state index in [1.165, 1.54) is 8.45 Å². The molecule has 6 heteroatoms. The molecule has 25 heavy (non-hydrogen) atoms. The fourth-order valence-corrected chi connectivity index (χ4v) is 4.27. The lowest BCUT2D eigenvalue weighted by atomic mass is 10.0. The molecule has 0 aliphatic heterocycles. The van der Waals surface area contributed by atoms with Gasteiger partial charge in [0.15, 0.2) is 0 Å². The zero-order valence-electron chi connectivity index (χ0n) is 13.3. The van der Waals surface area contributed by atoms with Gasteiger partial charge in [-0.05, 0) is 71.5 Å². The molecule has 0 amide bonds. The van der Waals surface area contributed by atoms with Crippen molar-refractivity contribution in [1.29, 1.82) is 0 Å². The minimum Gasteiger partial charge on any atom is -0.340 e. The first-order valence-electron chi connectivity index (χ1n) is 7.64. The molecule has 2 aromatic carbocycles. The highest BCUT2D eigenvalue weighted by molar-refractivity contribution is 14.1. The van der Waals surface area contributed by atoms with Gasteiger partial charge in [-0.2, -0.15) is 0 Å². The second kappa shape index (κ2) is 6.90. The van der Waals surface area contributed by atoms with Gasteiger partial charge in [-0.25, -0.2) is 9.97 Å². The summed E-state index contributed by atoms with van der Waals surface area (Å²) in [5.74, 6) is 0.820. The third-order valence-corrected chi connectivity index (χ3v) is 5.89. The number of aromatic nitrogens is 2. The zero-order valence-corrected chi connectivity index (χ0v) is 17.0. The lowest BCUT2D eigenvalue weighted by molar-refractivity contribution is 1.23. The normalized spacial score (nSPS) is 11.0. The summed E-state index contributed by atoms with van der Waals surface area (Å²) >= 11 is 10.0. The quantitative estimate of drug-likeness (QED) is 0.335. The van der Waals surface area contributed by atoms with Crippen LogP contribution in [0.5, 0.6) is 0 Å². The molecule has 4 aromatic rings. The zero-order chi connectivity index (χ0) is 17.4. The van der Waals surface area contributed by atoms with Crippen LogP contribution < -0.4 is 5.32 Å². The Morgan fingerprint density at radius 2 is 1.72 bits per heavy atom. The number of anilines is 2. The first kappa shape index (κ1) is 16.8. The Hall–Kier alpha value is -1.70. The van der Waals surface area contributed by atoms with Gasteiger partial charge in [0.25, 0.3) is 0 Å². The van der Waals surface area contributed by atoms with E-state index in [0.717, 1.165) is 37.9 Å². The largest absolute Gasteiger partial charge is 0.340 e. The van der Waals surface area contributed by atoms with Crippen LogP contribution in [0.3, 0.4) is 0 Å². The molecule has 0 aliphatic rings. The van der Waals surface area contributed by atoms with Crippen LogP contribution >= 0.6 is 45.5 Å². The van der Waals surface area contributed by atoms with E-state index in [4.69, 9.17) is 11.6 Å². The molecule has 0 aliphatic carbocycles. The summed E-state index contributed by atoms with van der Waals surface area (Å²) in [7, 11) is 0. The van der Waals surface area contributed by atoms with Crippen molar-refractivity contribution in [2.45, 2.75) is 6.92 Å². The molecule has 0 atom stereocenters. The Morgan fingerprint density at radius 3 is 2.44 bits per heavy atom. The number of nitrogens with zero attached hydrogens (tertiary/aromatic N) is 2. The fraction of sp³-hybridized carbons (Fsp3) is 0.0526. The van der Waals surface area contributed by atoms with Crippen molar-refractivity contribution >= 4 is 67.3 Å². The molecule has 0 unspecified atom stereocenters. The van der Waals surface area contributed by atoms with Gasteiger partial charge in [0.1, 0.15) is 17.0 Å².